The molecule has 4 aromatic rings. The van der Waals surface area contributed by atoms with Crippen LogP contribution >= 0.6 is 0 Å². The van der Waals surface area contributed by atoms with Crippen LogP contribution < -0.4 is 15.4 Å². The highest BCUT2D eigenvalue weighted by molar-refractivity contribution is 7.92. The molecule has 0 bridgehead atoms. The highest BCUT2D eigenvalue weighted by atomic mass is 32.2. The lowest BCUT2D eigenvalue weighted by molar-refractivity contribution is 0.251. The topological polar surface area (TPSA) is 100 Å². The predicted octanol–water partition coefficient (Wildman–Crippen LogP) is 4.36. The third-order valence-electron chi connectivity index (χ3n) is 4.63. The highest BCUT2D eigenvalue weighted by Gasteiger charge is 2.15. The van der Waals surface area contributed by atoms with E-state index in [9.17, 15) is 13.2 Å². The van der Waals surface area contributed by atoms with Crippen LogP contribution in [0.5, 0.6) is 0 Å². The van der Waals surface area contributed by atoms with E-state index in [2.05, 4.69) is 20.3 Å². The number of amides is 2. The number of anilines is 2. The molecule has 0 aliphatic heterocycles. The average molecular weight is 433 g/mol. The number of carbonyl (C=O) groups is 1. The molecule has 0 aliphatic carbocycles. The van der Waals surface area contributed by atoms with Crippen molar-refractivity contribution in [1.29, 1.82) is 0 Å². The Morgan fingerprint density at radius 2 is 1.65 bits per heavy atom. The molecule has 0 radical (unpaired) electrons. The molecule has 0 saturated carbocycles. The van der Waals surface area contributed by atoms with E-state index in [1.807, 2.05) is 36.4 Å². The molecular formula is C23H20N4O3S. The lowest BCUT2D eigenvalue weighted by Gasteiger charge is -2.12. The summed E-state index contributed by atoms with van der Waals surface area (Å²) in [6.45, 7) is 0.334. The number of carbonyl (C=O) groups excluding carboxylic acids is 1. The summed E-state index contributed by atoms with van der Waals surface area (Å²) >= 11 is 0. The monoisotopic (exact) mass is 432 g/mol. The second kappa shape index (κ2) is 8.85. The van der Waals surface area contributed by atoms with Gasteiger partial charge in [-0.2, -0.15) is 0 Å². The maximum Gasteiger partial charge on any atom is 0.319 e. The summed E-state index contributed by atoms with van der Waals surface area (Å²) in [5, 5.41) is 7.16. The van der Waals surface area contributed by atoms with Gasteiger partial charge in [-0.15, -0.1) is 0 Å². The fourth-order valence-corrected chi connectivity index (χ4v) is 4.18. The number of benzene rings is 3. The molecule has 3 N–H and O–H groups in total. The molecule has 0 spiro atoms. The number of aromatic nitrogens is 1. The summed E-state index contributed by atoms with van der Waals surface area (Å²) < 4.78 is 28.3. The summed E-state index contributed by atoms with van der Waals surface area (Å²) in [7, 11) is -3.78. The molecule has 1 aromatic heterocycles. The number of fused-ring (bicyclic) bond motifs is 1. The maximum absolute atomic E-state index is 12.8. The van der Waals surface area contributed by atoms with Crippen LogP contribution in [0.4, 0.5) is 16.2 Å². The van der Waals surface area contributed by atoms with Crippen molar-refractivity contribution >= 4 is 38.2 Å². The Hall–Kier alpha value is -3.91. The molecule has 0 unspecified atom stereocenters. The number of nitrogens with one attached hydrogen (secondary N) is 3. The van der Waals surface area contributed by atoms with E-state index in [0.717, 1.165) is 16.3 Å². The van der Waals surface area contributed by atoms with Gasteiger partial charge in [0.2, 0.25) is 0 Å². The molecule has 31 heavy (non-hydrogen) atoms. The molecule has 0 aliphatic rings. The van der Waals surface area contributed by atoms with Crippen molar-refractivity contribution in [3.63, 3.8) is 0 Å². The zero-order valence-corrected chi connectivity index (χ0v) is 17.3. The SMILES string of the molecule is O=C(NCc1cccnc1)Nc1ccc(S(=O)(=O)Nc2cccc3ccccc23)cc1. The van der Waals surface area contributed by atoms with Crippen LogP contribution in [0.2, 0.25) is 0 Å². The maximum atomic E-state index is 12.8. The minimum absolute atomic E-state index is 0.0988. The molecular weight excluding hydrogens is 412 g/mol. The summed E-state index contributed by atoms with van der Waals surface area (Å²) in [6, 6.07) is 22.2. The Kier molecular flexibility index (Phi) is 5.81. The largest absolute Gasteiger partial charge is 0.334 e. The number of urea groups is 1. The molecule has 0 fully saturated rings. The number of nitrogens with zero attached hydrogens (tertiary/aromatic N) is 1. The van der Waals surface area contributed by atoms with E-state index in [4.69, 9.17) is 0 Å². The number of hydrogen-bond donors (Lipinski definition) is 3. The van der Waals surface area contributed by atoms with Crippen molar-refractivity contribution in [1.82, 2.24) is 10.3 Å². The molecule has 2 amide bonds. The first-order chi connectivity index (χ1) is 15.0. The number of sulfonamides is 1. The van der Waals surface area contributed by atoms with Gasteiger partial charge in [-0.25, -0.2) is 13.2 Å². The smallest absolute Gasteiger partial charge is 0.319 e. The Morgan fingerprint density at radius 1 is 0.871 bits per heavy atom. The van der Waals surface area contributed by atoms with Crippen LogP contribution in [-0.4, -0.2) is 19.4 Å². The number of hydrogen-bond acceptors (Lipinski definition) is 4. The van der Waals surface area contributed by atoms with E-state index < -0.39 is 16.1 Å². The van der Waals surface area contributed by atoms with Gasteiger partial charge in [0.05, 0.1) is 10.6 Å². The zero-order chi connectivity index (χ0) is 21.7. The van der Waals surface area contributed by atoms with E-state index in [0.29, 0.717) is 17.9 Å². The standard InChI is InChI=1S/C23H20N4O3S/c28-23(25-16-17-5-4-14-24-15-17)26-19-10-12-20(13-11-19)31(29,30)27-22-9-3-7-18-6-1-2-8-21(18)22/h1-15,27H,16H2,(H2,25,26,28). The minimum atomic E-state index is -3.78. The van der Waals surface area contributed by atoms with Gasteiger partial charge >= 0.3 is 6.03 Å². The molecule has 0 saturated heterocycles. The molecule has 1 heterocycles. The van der Waals surface area contributed by atoms with Crippen molar-refractivity contribution in [3.05, 3.63) is 96.8 Å². The van der Waals surface area contributed by atoms with Gasteiger partial charge in [-0.1, -0.05) is 42.5 Å². The zero-order valence-electron chi connectivity index (χ0n) is 16.4. The van der Waals surface area contributed by atoms with Crippen LogP contribution in [-0.2, 0) is 16.6 Å². The quantitative estimate of drug-likeness (QED) is 0.421. The fourth-order valence-electron chi connectivity index (χ4n) is 3.10. The normalized spacial score (nSPS) is 11.1. The Balaban J connectivity index is 1.42. The molecule has 156 valence electrons. The van der Waals surface area contributed by atoms with Crippen molar-refractivity contribution in [2.75, 3.05) is 10.0 Å². The van der Waals surface area contributed by atoms with Crippen LogP contribution in [0.25, 0.3) is 10.8 Å². The second-order valence-corrected chi connectivity index (χ2v) is 8.51. The van der Waals surface area contributed by atoms with Crippen molar-refractivity contribution < 1.29 is 13.2 Å². The molecule has 7 nitrogen and oxygen atoms in total. The lowest BCUT2D eigenvalue weighted by atomic mass is 10.1. The first-order valence-electron chi connectivity index (χ1n) is 9.56. The van der Waals surface area contributed by atoms with Gasteiger partial charge in [0.25, 0.3) is 10.0 Å². The summed E-state index contributed by atoms with van der Waals surface area (Å²) in [4.78, 5) is 16.2. The van der Waals surface area contributed by atoms with Gasteiger partial charge in [-0.3, -0.25) is 9.71 Å². The predicted molar refractivity (Wildman–Crippen MR) is 121 cm³/mol. The van der Waals surface area contributed by atoms with Crippen molar-refractivity contribution in [3.8, 4) is 0 Å². The van der Waals surface area contributed by atoms with E-state index in [1.54, 1.807) is 42.7 Å². The van der Waals surface area contributed by atoms with Crippen LogP contribution in [0.3, 0.4) is 0 Å². The highest BCUT2D eigenvalue weighted by Crippen LogP contribution is 2.26. The lowest BCUT2D eigenvalue weighted by Crippen LogP contribution is -2.28. The van der Waals surface area contributed by atoms with Crippen LogP contribution in [0, 0.1) is 0 Å². The fraction of sp³-hybridized carbons (Fsp3) is 0.0435. The van der Waals surface area contributed by atoms with Crippen LogP contribution in [0.15, 0.2) is 96.2 Å². The Morgan fingerprint density at radius 3 is 2.42 bits per heavy atom. The first-order valence-corrected chi connectivity index (χ1v) is 11.0. The summed E-state index contributed by atoms with van der Waals surface area (Å²) in [6.07, 6.45) is 3.33. The van der Waals surface area contributed by atoms with Gasteiger partial charge in [0.1, 0.15) is 0 Å². The second-order valence-electron chi connectivity index (χ2n) is 6.83. The third-order valence-corrected chi connectivity index (χ3v) is 6.01. The van der Waals surface area contributed by atoms with Gasteiger partial charge in [0.15, 0.2) is 0 Å². The van der Waals surface area contributed by atoms with Crippen molar-refractivity contribution in [2.24, 2.45) is 0 Å². The van der Waals surface area contributed by atoms with Gasteiger partial charge < -0.3 is 10.6 Å². The molecule has 8 heteroatoms. The third kappa shape index (κ3) is 4.99. The molecule has 4 rings (SSSR count). The molecule has 3 aromatic carbocycles. The van der Waals surface area contributed by atoms with E-state index in [-0.39, 0.29) is 4.90 Å². The number of rotatable bonds is 6. The molecule has 0 atom stereocenters. The summed E-state index contributed by atoms with van der Waals surface area (Å²) in [5.74, 6) is 0. The Labute approximate surface area is 180 Å². The van der Waals surface area contributed by atoms with E-state index in [1.165, 1.54) is 12.1 Å². The van der Waals surface area contributed by atoms with Gasteiger partial charge in [0, 0.05) is 30.0 Å². The Bertz CT molecular complexity index is 1300. The number of pyridine rings is 1. The van der Waals surface area contributed by atoms with E-state index >= 15 is 0 Å². The van der Waals surface area contributed by atoms with Crippen molar-refractivity contribution in [2.45, 2.75) is 11.4 Å². The van der Waals surface area contributed by atoms with Gasteiger partial charge in [-0.05, 0) is 47.3 Å². The van der Waals surface area contributed by atoms with Crippen LogP contribution in [0.1, 0.15) is 5.56 Å². The summed E-state index contributed by atoms with van der Waals surface area (Å²) in [5.41, 5.74) is 1.86. The average Bonchev–Trinajstić information content (AvgIpc) is 2.79. The minimum Gasteiger partial charge on any atom is -0.334 e. The first kappa shape index (κ1) is 20.4.